The van der Waals surface area contributed by atoms with Crippen LogP contribution >= 0.6 is 0 Å². The Hall–Kier alpha value is -0.249. The van der Waals surface area contributed by atoms with Crippen molar-refractivity contribution in [1.29, 1.82) is 0 Å². The summed E-state index contributed by atoms with van der Waals surface area (Å²) in [6.45, 7) is 11.4. The Kier molecular flexibility index (Phi) is 3.85. The van der Waals surface area contributed by atoms with E-state index in [0.29, 0.717) is 0 Å². The van der Waals surface area contributed by atoms with Crippen molar-refractivity contribution in [3.05, 3.63) is 36.8 Å². The predicted molar refractivity (Wildman–Crippen MR) is 61.4 cm³/mol. The van der Waals surface area contributed by atoms with Crippen molar-refractivity contribution in [2.24, 2.45) is 0 Å². The van der Waals surface area contributed by atoms with Crippen LogP contribution in [-0.2, 0) is 0 Å². The van der Waals surface area contributed by atoms with Gasteiger partial charge in [0.15, 0.2) is 27.4 Å². The van der Waals surface area contributed by atoms with Crippen LogP contribution in [-0.4, -0.2) is 27.4 Å². The van der Waals surface area contributed by atoms with Crippen molar-refractivity contribution in [1.82, 2.24) is 13.9 Å². The van der Waals surface area contributed by atoms with Crippen LogP contribution in [0.3, 0.4) is 0 Å². The molecule has 1 aliphatic rings. The Balaban J connectivity index is 2.57. The number of hydrogen-bond acceptors (Lipinski definition) is 3. The van der Waals surface area contributed by atoms with E-state index in [4.69, 9.17) is 0 Å². The third-order valence-electron chi connectivity index (χ3n) is 1.78. The lowest BCUT2D eigenvalue weighted by Gasteiger charge is -2.32. The van der Waals surface area contributed by atoms with Crippen LogP contribution in [0.4, 0.5) is 0 Å². The molecule has 1 aliphatic heterocycles. The smallest absolute Gasteiger partial charge is 0.198 e. The summed E-state index contributed by atoms with van der Waals surface area (Å²) in [6.07, 6.45) is 0. The standard InChI is InChI=1S/C6H15N3Si3/c1-4-10-7-11(5-2)9-12(6-3)8-10/h4-12H,1-3H2. The quantitative estimate of drug-likeness (QED) is 0.505. The molecule has 0 unspecified atom stereocenters. The van der Waals surface area contributed by atoms with Gasteiger partial charge in [-0.05, 0) is 0 Å². The molecule has 3 N–H and O–H groups in total. The minimum atomic E-state index is -1.07. The second-order valence-electron chi connectivity index (χ2n) is 2.64. The lowest BCUT2D eigenvalue weighted by Crippen LogP contribution is -2.73. The van der Waals surface area contributed by atoms with Gasteiger partial charge >= 0.3 is 0 Å². The molecule has 0 aromatic carbocycles. The van der Waals surface area contributed by atoms with Gasteiger partial charge in [-0.1, -0.05) is 17.1 Å². The van der Waals surface area contributed by atoms with Gasteiger partial charge in [-0.25, -0.2) is 0 Å². The first-order chi connectivity index (χ1) is 5.80. The highest BCUT2D eigenvalue weighted by atomic mass is 28.4. The molecule has 1 heterocycles. The zero-order chi connectivity index (χ0) is 8.97. The van der Waals surface area contributed by atoms with Crippen LogP contribution in [0.15, 0.2) is 36.8 Å². The monoisotopic (exact) mass is 213 g/mol. The second-order valence-corrected chi connectivity index (χ2v) is 10.9. The number of rotatable bonds is 3. The van der Waals surface area contributed by atoms with Crippen molar-refractivity contribution in [3.8, 4) is 0 Å². The summed E-state index contributed by atoms with van der Waals surface area (Å²) in [6, 6.07) is 0. The minimum absolute atomic E-state index is 1.07. The summed E-state index contributed by atoms with van der Waals surface area (Å²) in [5.41, 5.74) is 6.06. The molecule has 1 saturated heterocycles. The Morgan fingerprint density at radius 1 is 0.667 bits per heavy atom. The fraction of sp³-hybridized carbons (Fsp3) is 0. The molecule has 0 atom stereocenters. The first-order valence-electron chi connectivity index (χ1n) is 3.96. The molecular weight excluding hydrogens is 198 g/mol. The molecule has 0 aromatic heterocycles. The van der Waals surface area contributed by atoms with Gasteiger partial charge in [-0.15, -0.1) is 19.7 Å². The number of hydrogen-bond donors (Lipinski definition) is 3. The maximum Gasteiger partial charge on any atom is 0.198 e. The summed E-state index contributed by atoms with van der Waals surface area (Å²) in [4.78, 5) is 0. The van der Waals surface area contributed by atoms with Crippen molar-refractivity contribution in [2.75, 3.05) is 0 Å². The topological polar surface area (TPSA) is 36.1 Å². The Bertz CT molecular complexity index is 157. The molecule has 0 amide bonds. The van der Waals surface area contributed by atoms with E-state index in [1.165, 1.54) is 0 Å². The molecule has 0 bridgehead atoms. The normalized spacial score (nSPS) is 35.5. The SMILES string of the molecule is C=C[SiH]1N[SiH](C=C)N[SiH](C=C)N1. The van der Waals surface area contributed by atoms with Crippen LogP contribution in [0.25, 0.3) is 0 Å². The van der Waals surface area contributed by atoms with Crippen LogP contribution in [0, 0.1) is 0 Å². The molecule has 0 spiro atoms. The van der Waals surface area contributed by atoms with Gasteiger partial charge in [0.25, 0.3) is 0 Å². The maximum atomic E-state index is 3.81. The van der Waals surface area contributed by atoms with Crippen molar-refractivity contribution in [3.63, 3.8) is 0 Å². The lowest BCUT2D eigenvalue weighted by atomic mass is 11.3. The molecule has 0 saturated carbocycles. The van der Waals surface area contributed by atoms with Crippen molar-refractivity contribution >= 4 is 27.4 Å². The van der Waals surface area contributed by atoms with Crippen LogP contribution < -0.4 is 13.9 Å². The maximum absolute atomic E-state index is 3.81. The van der Waals surface area contributed by atoms with E-state index in [1.807, 2.05) is 17.1 Å². The lowest BCUT2D eigenvalue weighted by molar-refractivity contribution is 1.20. The largest absolute Gasteiger partial charge is 0.335 e. The van der Waals surface area contributed by atoms with E-state index in [9.17, 15) is 0 Å². The fourth-order valence-corrected chi connectivity index (χ4v) is 12.8. The van der Waals surface area contributed by atoms with E-state index in [2.05, 4.69) is 33.7 Å². The average Bonchev–Trinajstić information content (AvgIpc) is 2.16. The van der Waals surface area contributed by atoms with E-state index in [0.717, 1.165) is 0 Å². The molecule has 1 fully saturated rings. The number of nitrogens with one attached hydrogen (secondary N) is 3. The molecule has 0 aromatic rings. The molecule has 0 radical (unpaired) electrons. The predicted octanol–water partition coefficient (Wildman–Crippen LogP) is -1.39. The molecule has 66 valence electrons. The van der Waals surface area contributed by atoms with Gasteiger partial charge in [0.1, 0.15) is 0 Å². The van der Waals surface area contributed by atoms with Gasteiger partial charge in [-0.2, -0.15) is 0 Å². The minimum Gasteiger partial charge on any atom is -0.335 e. The van der Waals surface area contributed by atoms with Gasteiger partial charge in [0, 0.05) is 0 Å². The highest BCUT2D eigenvalue weighted by Gasteiger charge is 2.24. The van der Waals surface area contributed by atoms with Crippen LogP contribution in [0.1, 0.15) is 0 Å². The van der Waals surface area contributed by atoms with Gasteiger partial charge < -0.3 is 13.9 Å². The summed E-state index contributed by atoms with van der Waals surface area (Å²) in [5, 5.41) is 0. The Morgan fingerprint density at radius 2 is 0.917 bits per heavy atom. The summed E-state index contributed by atoms with van der Waals surface area (Å²) < 4.78 is 10.6. The molecular formula is C6H15N3Si3. The van der Waals surface area contributed by atoms with Crippen LogP contribution in [0.2, 0.25) is 0 Å². The second kappa shape index (κ2) is 4.70. The van der Waals surface area contributed by atoms with Gasteiger partial charge in [0.2, 0.25) is 0 Å². The van der Waals surface area contributed by atoms with E-state index in [1.54, 1.807) is 0 Å². The molecule has 0 aliphatic carbocycles. The Labute approximate surface area is 78.6 Å². The van der Waals surface area contributed by atoms with Crippen molar-refractivity contribution < 1.29 is 0 Å². The first-order valence-corrected chi connectivity index (χ1v) is 9.42. The van der Waals surface area contributed by atoms with E-state index in [-0.39, 0.29) is 0 Å². The average molecular weight is 213 g/mol. The summed E-state index contributed by atoms with van der Waals surface area (Å²) >= 11 is 0. The molecule has 1 rings (SSSR count). The molecule has 12 heavy (non-hydrogen) atoms. The highest BCUT2D eigenvalue weighted by molar-refractivity contribution is 6.91. The zero-order valence-electron chi connectivity index (χ0n) is 7.09. The van der Waals surface area contributed by atoms with E-state index < -0.39 is 27.4 Å². The van der Waals surface area contributed by atoms with Crippen LogP contribution in [0.5, 0.6) is 0 Å². The zero-order valence-corrected chi connectivity index (χ0v) is 10.5. The molecule has 3 nitrogen and oxygen atoms in total. The first kappa shape index (κ1) is 9.84. The highest BCUT2D eigenvalue weighted by Crippen LogP contribution is 1.88. The Morgan fingerprint density at radius 3 is 1.08 bits per heavy atom. The molecule has 6 heteroatoms. The fourth-order valence-electron chi connectivity index (χ4n) is 1.13. The van der Waals surface area contributed by atoms with Crippen molar-refractivity contribution in [2.45, 2.75) is 0 Å². The summed E-state index contributed by atoms with van der Waals surface area (Å²) in [5.74, 6) is 0. The van der Waals surface area contributed by atoms with E-state index >= 15 is 0 Å². The summed E-state index contributed by atoms with van der Waals surface area (Å²) in [7, 11) is -3.22. The van der Waals surface area contributed by atoms with Gasteiger partial charge in [-0.3, -0.25) is 0 Å². The third kappa shape index (κ3) is 2.37. The van der Waals surface area contributed by atoms with Gasteiger partial charge in [0.05, 0.1) is 0 Å². The third-order valence-corrected chi connectivity index (χ3v) is 11.8.